The summed E-state index contributed by atoms with van der Waals surface area (Å²) >= 11 is 0. The van der Waals surface area contributed by atoms with E-state index in [1.165, 1.54) is 0 Å². The molecule has 0 saturated carbocycles. The molecule has 2 atom stereocenters. The smallest absolute Gasteiger partial charge is 0.115 e. The third-order valence-corrected chi connectivity index (χ3v) is 2.51. The van der Waals surface area contributed by atoms with Gasteiger partial charge in [0.1, 0.15) is 12.1 Å². The third kappa shape index (κ3) is 2.52. The van der Waals surface area contributed by atoms with E-state index in [1.54, 1.807) is 13.8 Å². The van der Waals surface area contributed by atoms with Gasteiger partial charge in [0.25, 0.3) is 0 Å². The Morgan fingerprint density at radius 3 is 2.12 bits per heavy atom. The minimum Gasteiger partial charge on any atom is -0.340 e. The van der Waals surface area contributed by atoms with Crippen LogP contribution in [0.25, 0.3) is 0 Å². The van der Waals surface area contributed by atoms with Gasteiger partial charge in [-0.3, -0.25) is 0 Å². The second kappa shape index (κ2) is 5.19. The molecule has 2 unspecified atom stereocenters. The van der Waals surface area contributed by atoms with E-state index in [9.17, 15) is 0 Å². The molecule has 0 bridgehead atoms. The fourth-order valence-electron chi connectivity index (χ4n) is 1.70. The molecule has 82 valence electrons. The van der Waals surface area contributed by atoms with E-state index < -0.39 is 0 Å². The monoisotopic (exact) mass is 213 g/mol. The maximum absolute atomic E-state index is 8.98. The predicted molar refractivity (Wildman–Crippen MR) is 63.8 cm³/mol. The van der Waals surface area contributed by atoms with Crippen LogP contribution in [-0.4, -0.2) is 12.1 Å². The van der Waals surface area contributed by atoms with Crippen LogP contribution < -0.4 is 4.90 Å². The Hall–Kier alpha value is -2.00. The molecule has 0 aliphatic carbocycles. The maximum atomic E-state index is 8.98. The van der Waals surface area contributed by atoms with Gasteiger partial charge in [0.15, 0.2) is 0 Å². The van der Waals surface area contributed by atoms with Crippen LogP contribution in [0.15, 0.2) is 24.3 Å². The molecule has 1 aromatic carbocycles. The number of anilines is 1. The summed E-state index contributed by atoms with van der Waals surface area (Å²) in [6, 6.07) is 11.6. The Balaban J connectivity index is 3.13. The van der Waals surface area contributed by atoms with Crippen LogP contribution in [0.5, 0.6) is 0 Å². The largest absolute Gasteiger partial charge is 0.340 e. The van der Waals surface area contributed by atoms with E-state index in [0.717, 1.165) is 11.3 Å². The van der Waals surface area contributed by atoms with Crippen molar-refractivity contribution < 1.29 is 0 Å². The molecule has 3 nitrogen and oxygen atoms in total. The molecule has 0 radical (unpaired) electrons. The van der Waals surface area contributed by atoms with Crippen LogP contribution >= 0.6 is 0 Å². The molecule has 0 heterocycles. The van der Waals surface area contributed by atoms with Gasteiger partial charge in [0.2, 0.25) is 0 Å². The Morgan fingerprint density at radius 1 is 1.12 bits per heavy atom. The lowest BCUT2D eigenvalue weighted by molar-refractivity contribution is 0.697. The predicted octanol–water partition coefficient (Wildman–Crippen LogP) is 2.63. The molecule has 0 aromatic heterocycles. The van der Waals surface area contributed by atoms with E-state index in [-0.39, 0.29) is 12.1 Å². The molecule has 0 N–H and O–H groups in total. The first-order valence-electron chi connectivity index (χ1n) is 5.24. The van der Waals surface area contributed by atoms with E-state index in [1.807, 2.05) is 36.1 Å². The van der Waals surface area contributed by atoms with E-state index in [0.29, 0.717) is 0 Å². The van der Waals surface area contributed by atoms with Crippen molar-refractivity contribution in [1.82, 2.24) is 0 Å². The average Bonchev–Trinajstić information content (AvgIpc) is 2.29. The van der Waals surface area contributed by atoms with E-state index in [2.05, 4.69) is 12.1 Å². The van der Waals surface area contributed by atoms with Crippen LogP contribution in [0.1, 0.15) is 19.4 Å². The van der Waals surface area contributed by atoms with Crippen molar-refractivity contribution in [1.29, 1.82) is 10.5 Å². The number of benzene rings is 1. The van der Waals surface area contributed by atoms with Gasteiger partial charge in [0.05, 0.1) is 12.1 Å². The minimum atomic E-state index is -0.309. The molecule has 0 saturated heterocycles. The molecule has 1 aromatic rings. The van der Waals surface area contributed by atoms with Crippen LogP contribution in [0.2, 0.25) is 0 Å². The first-order valence-corrected chi connectivity index (χ1v) is 5.24. The second-order valence-corrected chi connectivity index (χ2v) is 3.86. The van der Waals surface area contributed by atoms with Gasteiger partial charge in [-0.25, -0.2) is 0 Å². The van der Waals surface area contributed by atoms with Crippen molar-refractivity contribution in [2.75, 3.05) is 4.90 Å². The first-order chi connectivity index (χ1) is 7.60. The fourth-order valence-corrected chi connectivity index (χ4v) is 1.70. The van der Waals surface area contributed by atoms with Crippen molar-refractivity contribution >= 4 is 5.69 Å². The van der Waals surface area contributed by atoms with Crippen LogP contribution in [0, 0.1) is 29.6 Å². The number of nitrogens with zero attached hydrogens (tertiary/aromatic N) is 3. The summed E-state index contributed by atoms with van der Waals surface area (Å²) in [6.07, 6.45) is 0. The summed E-state index contributed by atoms with van der Waals surface area (Å²) in [5, 5.41) is 18.0. The Kier molecular flexibility index (Phi) is 3.91. The molecular weight excluding hydrogens is 198 g/mol. The molecule has 1 rings (SSSR count). The standard InChI is InChI=1S/C13H15N3/c1-10-5-4-6-13(7-10)16(11(2)8-14)12(3)9-15/h4-7,11-12H,1-3H3. The quantitative estimate of drug-likeness (QED) is 0.775. The number of aryl methyl sites for hydroxylation is 1. The van der Waals surface area contributed by atoms with Crippen molar-refractivity contribution in [3.05, 3.63) is 29.8 Å². The fraction of sp³-hybridized carbons (Fsp3) is 0.385. The second-order valence-electron chi connectivity index (χ2n) is 3.86. The average molecular weight is 213 g/mol. The van der Waals surface area contributed by atoms with Gasteiger partial charge >= 0.3 is 0 Å². The lowest BCUT2D eigenvalue weighted by Crippen LogP contribution is -2.38. The molecule has 0 fully saturated rings. The van der Waals surface area contributed by atoms with Gasteiger partial charge in [-0.15, -0.1) is 0 Å². The Morgan fingerprint density at radius 2 is 1.69 bits per heavy atom. The van der Waals surface area contributed by atoms with Crippen LogP contribution in [-0.2, 0) is 0 Å². The number of hydrogen-bond acceptors (Lipinski definition) is 3. The molecule has 0 aliphatic rings. The highest BCUT2D eigenvalue weighted by Gasteiger charge is 2.19. The normalized spacial score (nSPS) is 13.3. The lowest BCUT2D eigenvalue weighted by Gasteiger charge is -2.29. The summed E-state index contributed by atoms with van der Waals surface area (Å²) in [5.41, 5.74) is 2.04. The van der Waals surface area contributed by atoms with Crippen LogP contribution in [0.3, 0.4) is 0 Å². The van der Waals surface area contributed by atoms with Crippen molar-refractivity contribution in [2.45, 2.75) is 32.9 Å². The van der Waals surface area contributed by atoms with Crippen molar-refractivity contribution in [3.63, 3.8) is 0 Å². The Labute approximate surface area is 96.5 Å². The topological polar surface area (TPSA) is 50.8 Å². The third-order valence-electron chi connectivity index (χ3n) is 2.51. The van der Waals surface area contributed by atoms with Crippen molar-refractivity contribution in [2.24, 2.45) is 0 Å². The highest BCUT2D eigenvalue weighted by molar-refractivity contribution is 5.52. The van der Waals surface area contributed by atoms with Gasteiger partial charge in [0, 0.05) is 5.69 Å². The van der Waals surface area contributed by atoms with Gasteiger partial charge in [-0.05, 0) is 38.5 Å². The molecule has 3 heteroatoms. The number of rotatable bonds is 3. The lowest BCUT2D eigenvalue weighted by atomic mass is 10.1. The number of nitriles is 2. The summed E-state index contributed by atoms with van der Waals surface area (Å²) < 4.78 is 0. The zero-order valence-electron chi connectivity index (χ0n) is 9.81. The maximum Gasteiger partial charge on any atom is 0.115 e. The summed E-state index contributed by atoms with van der Waals surface area (Å²) in [5.74, 6) is 0. The highest BCUT2D eigenvalue weighted by atomic mass is 15.2. The Bertz CT molecular complexity index is 419. The molecule has 16 heavy (non-hydrogen) atoms. The molecular formula is C13H15N3. The van der Waals surface area contributed by atoms with Gasteiger partial charge in [-0.2, -0.15) is 10.5 Å². The number of hydrogen-bond donors (Lipinski definition) is 0. The molecule has 0 aliphatic heterocycles. The molecule has 0 spiro atoms. The molecule has 0 amide bonds. The highest BCUT2D eigenvalue weighted by Crippen LogP contribution is 2.20. The van der Waals surface area contributed by atoms with E-state index >= 15 is 0 Å². The summed E-state index contributed by atoms with van der Waals surface area (Å²) in [4.78, 5) is 1.83. The summed E-state index contributed by atoms with van der Waals surface area (Å²) in [7, 11) is 0. The minimum absolute atomic E-state index is 0.309. The van der Waals surface area contributed by atoms with Crippen molar-refractivity contribution in [3.8, 4) is 12.1 Å². The first kappa shape index (κ1) is 12.1. The zero-order chi connectivity index (χ0) is 12.1. The zero-order valence-corrected chi connectivity index (χ0v) is 9.81. The van der Waals surface area contributed by atoms with E-state index in [4.69, 9.17) is 10.5 Å². The van der Waals surface area contributed by atoms with Gasteiger partial charge in [-0.1, -0.05) is 12.1 Å². The SMILES string of the molecule is Cc1cccc(N(C(C)C#N)C(C)C#N)c1. The summed E-state index contributed by atoms with van der Waals surface area (Å²) in [6.45, 7) is 5.60. The van der Waals surface area contributed by atoms with Crippen LogP contribution in [0.4, 0.5) is 5.69 Å². The van der Waals surface area contributed by atoms with Gasteiger partial charge < -0.3 is 4.90 Å².